The summed E-state index contributed by atoms with van der Waals surface area (Å²) in [7, 11) is 0. The molecule has 0 saturated heterocycles. The number of nitrogens with two attached hydrogens (primary N) is 1. The fourth-order valence-electron chi connectivity index (χ4n) is 2.53. The maximum atomic E-state index is 11.8. The molecule has 0 atom stereocenters. The molecule has 0 aliphatic rings. The molecule has 0 spiro atoms. The van der Waals surface area contributed by atoms with E-state index in [1.807, 2.05) is 42.6 Å². The number of aromatic nitrogens is 2. The van der Waals surface area contributed by atoms with Crippen LogP contribution in [0.3, 0.4) is 0 Å². The molecular weight excluding hydrogens is 430 g/mol. The number of carbonyl (C=O) groups is 1. The summed E-state index contributed by atoms with van der Waals surface area (Å²) < 4.78 is 16.0. The van der Waals surface area contributed by atoms with E-state index < -0.39 is 5.91 Å². The molecule has 162 valence electrons. The van der Waals surface area contributed by atoms with Crippen molar-refractivity contribution in [3.8, 4) is 11.5 Å². The van der Waals surface area contributed by atoms with Gasteiger partial charge in [-0.25, -0.2) is 4.63 Å². The summed E-state index contributed by atoms with van der Waals surface area (Å²) >= 11 is 1.66. The third-order valence-corrected chi connectivity index (χ3v) is 4.75. The third-order valence-electron chi connectivity index (χ3n) is 3.90. The molecule has 30 heavy (non-hydrogen) atoms. The van der Waals surface area contributed by atoms with E-state index in [4.69, 9.17) is 15.2 Å². The van der Waals surface area contributed by atoms with Gasteiger partial charge < -0.3 is 25.8 Å². The van der Waals surface area contributed by atoms with Crippen molar-refractivity contribution in [3.05, 3.63) is 51.8 Å². The minimum atomic E-state index is -0.420. The van der Waals surface area contributed by atoms with E-state index in [9.17, 15) is 4.79 Å². The van der Waals surface area contributed by atoms with Gasteiger partial charge in [0.15, 0.2) is 11.5 Å². The first-order chi connectivity index (χ1) is 14.2. The SMILES string of the molecule is CCOc1cc(CNCCNC(=O)c2nonc2N)ccc1OCc1cccs1.Cl. The van der Waals surface area contributed by atoms with Crippen LogP contribution in [-0.2, 0) is 13.2 Å². The zero-order valence-electron chi connectivity index (χ0n) is 16.4. The number of anilines is 1. The van der Waals surface area contributed by atoms with Crippen LogP contribution in [0.5, 0.6) is 11.5 Å². The van der Waals surface area contributed by atoms with Crippen molar-refractivity contribution in [3.63, 3.8) is 0 Å². The van der Waals surface area contributed by atoms with Crippen LogP contribution in [0.4, 0.5) is 5.82 Å². The highest BCUT2D eigenvalue weighted by Gasteiger charge is 2.15. The molecule has 4 N–H and O–H groups in total. The molecule has 0 saturated carbocycles. The molecule has 0 bridgehead atoms. The van der Waals surface area contributed by atoms with Crippen molar-refractivity contribution in [2.75, 3.05) is 25.4 Å². The molecule has 0 radical (unpaired) electrons. The van der Waals surface area contributed by atoms with Crippen LogP contribution in [0.1, 0.15) is 27.9 Å². The number of hydrogen-bond acceptors (Lipinski definition) is 9. The lowest BCUT2D eigenvalue weighted by molar-refractivity contribution is 0.0944. The van der Waals surface area contributed by atoms with Gasteiger partial charge in [0.05, 0.1) is 6.61 Å². The smallest absolute Gasteiger partial charge is 0.277 e. The number of nitrogen functional groups attached to an aromatic ring is 1. The van der Waals surface area contributed by atoms with Crippen molar-refractivity contribution < 1.29 is 18.9 Å². The highest BCUT2D eigenvalue weighted by atomic mass is 35.5. The number of halogens is 1. The second-order valence-corrected chi connectivity index (χ2v) is 7.05. The molecule has 3 rings (SSSR count). The molecule has 0 aliphatic heterocycles. The molecule has 3 aromatic rings. The molecule has 2 aromatic heterocycles. The minimum Gasteiger partial charge on any atom is -0.490 e. The van der Waals surface area contributed by atoms with Crippen LogP contribution in [0.15, 0.2) is 40.3 Å². The fourth-order valence-corrected chi connectivity index (χ4v) is 3.14. The Bertz CT molecular complexity index is 920. The van der Waals surface area contributed by atoms with Crippen molar-refractivity contribution in [1.82, 2.24) is 20.9 Å². The maximum Gasteiger partial charge on any atom is 0.277 e. The fraction of sp³-hybridized carbons (Fsp3) is 0.316. The van der Waals surface area contributed by atoms with E-state index >= 15 is 0 Å². The largest absolute Gasteiger partial charge is 0.490 e. The van der Waals surface area contributed by atoms with Gasteiger partial charge in [0.1, 0.15) is 6.61 Å². The number of nitrogens with zero attached hydrogens (tertiary/aromatic N) is 2. The molecular formula is C19H24ClN5O4S. The Kier molecular flexibility index (Phi) is 9.39. The van der Waals surface area contributed by atoms with Gasteiger partial charge in [-0.15, -0.1) is 23.7 Å². The quantitative estimate of drug-likeness (QED) is 0.378. The highest BCUT2D eigenvalue weighted by molar-refractivity contribution is 7.09. The second-order valence-electron chi connectivity index (χ2n) is 6.01. The Labute approximate surface area is 184 Å². The number of nitrogens with one attached hydrogen (secondary N) is 2. The first-order valence-corrected chi connectivity index (χ1v) is 10.0. The Morgan fingerprint density at radius 2 is 2.07 bits per heavy atom. The van der Waals surface area contributed by atoms with Crippen LogP contribution in [-0.4, -0.2) is 35.9 Å². The lowest BCUT2D eigenvalue weighted by Crippen LogP contribution is -2.32. The zero-order valence-corrected chi connectivity index (χ0v) is 18.1. The normalized spacial score (nSPS) is 10.3. The highest BCUT2D eigenvalue weighted by Crippen LogP contribution is 2.29. The molecule has 0 fully saturated rings. The summed E-state index contributed by atoms with van der Waals surface area (Å²) in [6.45, 7) is 4.60. The van der Waals surface area contributed by atoms with Gasteiger partial charge in [-0.05, 0) is 46.4 Å². The lowest BCUT2D eigenvalue weighted by Gasteiger charge is -2.13. The summed E-state index contributed by atoms with van der Waals surface area (Å²) in [5.74, 6) is 0.984. The molecule has 0 unspecified atom stereocenters. The number of rotatable bonds is 11. The van der Waals surface area contributed by atoms with Crippen molar-refractivity contribution in [1.29, 1.82) is 0 Å². The number of ether oxygens (including phenoxy) is 2. The van der Waals surface area contributed by atoms with Gasteiger partial charge in [0.25, 0.3) is 5.91 Å². The summed E-state index contributed by atoms with van der Waals surface area (Å²) in [6.07, 6.45) is 0. The van der Waals surface area contributed by atoms with E-state index in [0.717, 1.165) is 16.2 Å². The Hall–Kier alpha value is -2.82. The van der Waals surface area contributed by atoms with Crippen molar-refractivity contribution >= 4 is 35.5 Å². The number of carbonyl (C=O) groups excluding carboxylic acids is 1. The van der Waals surface area contributed by atoms with E-state index in [2.05, 4.69) is 25.6 Å². The molecule has 0 aliphatic carbocycles. The van der Waals surface area contributed by atoms with Crippen LogP contribution >= 0.6 is 23.7 Å². The lowest BCUT2D eigenvalue weighted by atomic mass is 10.2. The molecule has 1 aromatic carbocycles. The monoisotopic (exact) mass is 453 g/mol. The number of hydrogen-bond donors (Lipinski definition) is 3. The van der Waals surface area contributed by atoms with Gasteiger partial charge in [-0.3, -0.25) is 4.79 Å². The first-order valence-electron chi connectivity index (χ1n) is 9.15. The summed E-state index contributed by atoms with van der Waals surface area (Å²) in [6, 6.07) is 9.90. The van der Waals surface area contributed by atoms with Gasteiger partial charge in [0.2, 0.25) is 11.5 Å². The molecule has 2 heterocycles. The van der Waals surface area contributed by atoms with Gasteiger partial charge in [-0.2, -0.15) is 0 Å². The van der Waals surface area contributed by atoms with E-state index in [1.165, 1.54) is 0 Å². The first kappa shape index (κ1) is 23.5. The van der Waals surface area contributed by atoms with Gasteiger partial charge in [-0.1, -0.05) is 12.1 Å². The minimum absolute atomic E-state index is 0. The molecule has 11 heteroatoms. The Morgan fingerprint density at radius 1 is 1.20 bits per heavy atom. The Balaban J connectivity index is 0.00000320. The number of amides is 1. The van der Waals surface area contributed by atoms with E-state index in [1.54, 1.807) is 11.3 Å². The Morgan fingerprint density at radius 3 is 2.77 bits per heavy atom. The standard InChI is InChI=1S/C19H23N5O4S.ClH/c1-2-26-16-10-13(5-6-15(16)27-12-14-4-3-9-29-14)11-21-7-8-22-19(25)17-18(20)24-28-23-17;/h3-6,9-10,21H,2,7-8,11-12H2,1H3,(H2,20,24)(H,22,25);1H. The zero-order chi connectivity index (χ0) is 20.5. The van der Waals surface area contributed by atoms with Crippen LogP contribution < -0.4 is 25.8 Å². The third kappa shape index (κ3) is 6.61. The predicted molar refractivity (Wildman–Crippen MR) is 116 cm³/mol. The molecule has 9 nitrogen and oxygen atoms in total. The van der Waals surface area contributed by atoms with Gasteiger partial charge >= 0.3 is 0 Å². The second kappa shape index (κ2) is 12.0. The van der Waals surface area contributed by atoms with Gasteiger partial charge in [0, 0.05) is 24.5 Å². The summed E-state index contributed by atoms with van der Waals surface area (Å²) in [5.41, 5.74) is 6.52. The predicted octanol–water partition coefficient (Wildman–Crippen LogP) is 2.63. The summed E-state index contributed by atoms with van der Waals surface area (Å²) in [4.78, 5) is 13.0. The van der Waals surface area contributed by atoms with Crippen LogP contribution in [0.25, 0.3) is 0 Å². The topological polar surface area (TPSA) is 125 Å². The number of benzene rings is 1. The average Bonchev–Trinajstić information content (AvgIpc) is 3.39. The molecule has 1 amide bonds. The van der Waals surface area contributed by atoms with E-state index in [-0.39, 0.29) is 23.9 Å². The summed E-state index contributed by atoms with van der Waals surface area (Å²) in [5, 5.41) is 14.8. The number of thiophene rings is 1. The van der Waals surface area contributed by atoms with Crippen LogP contribution in [0, 0.1) is 0 Å². The van der Waals surface area contributed by atoms with Crippen molar-refractivity contribution in [2.45, 2.75) is 20.1 Å². The van der Waals surface area contributed by atoms with Crippen molar-refractivity contribution in [2.24, 2.45) is 0 Å². The van der Waals surface area contributed by atoms with Crippen LogP contribution in [0.2, 0.25) is 0 Å². The van der Waals surface area contributed by atoms with E-state index in [0.29, 0.717) is 38.6 Å². The average molecular weight is 454 g/mol. The maximum absolute atomic E-state index is 11.8.